The summed E-state index contributed by atoms with van der Waals surface area (Å²) < 4.78 is 57.3. The van der Waals surface area contributed by atoms with Crippen LogP contribution in [0.5, 0.6) is 23.0 Å². The fourth-order valence-electron chi connectivity index (χ4n) is 7.84. The van der Waals surface area contributed by atoms with E-state index >= 15 is 0 Å². The van der Waals surface area contributed by atoms with Crippen molar-refractivity contribution in [1.82, 2.24) is 39.2 Å². The van der Waals surface area contributed by atoms with E-state index in [-0.39, 0.29) is 85.7 Å². The van der Waals surface area contributed by atoms with Gasteiger partial charge in [0.2, 0.25) is 11.9 Å². The van der Waals surface area contributed by atoms with Crippen molar-refractivity contribution < 1.29 is 66.8 Å². The summed E-state index contributed by atoms with van der Waals surface area (Å²) in [5.41, 5.74) is 10.6. The second-order valence-corrected chi connectivity index (χ2v) is 24.0. The van der Waals surface area contributed by atoms with Crippen LogP contribution in [-0.4, -0.2) is 121 Å². The van der Waals surface area contributed by atoms with Gasteiger partial charge in [-0.05, 0) is 201 Å². The molecule has 6 heterocycles. The van der Waals surface area contributed by atoms with E-state index < -0.39 is 52.3 Å². The van der Waals surface area contributed by atoms with Gasteiger partial charge in [0.05, 0.1) is 28.1 Å². The second kappa shape index (κ2) is 30.2. The molecule has 0 radical (unpaired) electrons. The van der Waals surface area contributed by atoms with Gasteiger partial charge in [-0.1, -0.05) is 0 Å². The molecule has 7 N–H and O–H groups in total. The smallest absolute Gasteiger partial charge is 0.293 e. The Balaban J connectivity index is 0.000000240. The molecule has 3 aliphatic rings. The van der Waals surface area contributed by atoms with Crippen LogP contribution in [0.2, 0.25) is 0 Å². The number of benzene rings is 3. The zero-order valence-electron chi connectivity index (χ0n) is 46.7. The number of nitrogens with zero attached hydrogens (tertiary/aromatic N) is 8. The molecule has 3 aromatic carbocycles. The Morgan fingerprint density at radius 3 is 1.33 bits per heavy atom. The molecule has 456 valence electrons. The minimum atomic E-state index is -0.938. The second-order valence-electron chi connectivity index (χ2n) is 18.7. The van der Waals surface area contributed by atoms with Crippen molar-refractivity contribution in [3.05, 3.63) is 151 Å². The molecule has 0 saturated carbocycles. The number of phenols is 2. The monoisotopic (exact) mass is 1450 g/mol. The molecule has 2 atom stereocenters. The van der Waals surface area contributed by atoms with Gasteiger partial charge < -0.3 is 30.6 Å². The molecule has 3 saturated heterocycles. The molecule has 3 fully saturated rings. The van der Waals surface area contributed by atoms with Crippen molar-refractivity contribution in [2.24, 2.45) is 5.90 Å². The Labute approximate surface area is 534 Å². The number of hydrogen-bond donors (Lipinski definition) is 5. The van der Waals surface area contributed by atoms with Crippen LogP contribution in [0.25, 0.3) is 24.2 Å². The summed E-state index contributed by atoms with van der Waals surface area (Å²) in [6, 6.07) is 8.43. The third kappa shape index (κ3) is 16.2. The largest absolute Gasteiger partial charge is 0.508 e. The van der Waals surface area contributed by atoms with Gasteiger partial charge in [0, 0.05) is 81.3 Å². The first-order chi connectivity index (χ1) is 40.1. The number of amides is 6. The predicted octanol–water partition coefficient (Wildman–Crippen LogP) is 12.1. The van der Waals surface area contributed by atoms with Crippen LogP contribution in [0.3, 0.4) is 0 Å². The lowest BCUT2D eigenvalue weighted by molar-refractivity contribution is -0.122. The van der Waals surface area contributed by atoms with Gasteiger partial charge in [-0.2, -0.15) is 0 Å². The summed E-state index contributed by atoms with van der Waals surface area (Å²) in [5, 5.41) is 25.0. The van der Waals surface area contributed by atoms with Gasteiger partial charge in [0.15, 0.2) is 17.3 Å². The Morgan fingerprint density at radius 1 is 0.581 bits per heavy atom. The number of imide groups is 3. The van der Waals surface area contributed by atoms with Crippen LogP contribution in [0.15, 0.2) is 83.3 Å². The highest BCUT2D eigenvalue weighted by Crippen LogP contribution is 2.42. The van der Waals surface area contributed by atoms with Crippen molar-refractivity contribution in [1.29, 1.82) is 0 Å². The average molecular weight is 1460 g/mol. The van der Waals surface area contributed by atoms with Crippen LogP contribution < -0.4 is 21.1 Å². The minimum absolute atomic E-state index is 0. The first kappa shape index (κ1) is 70.0. The number of hydrogen-bond acceptors (Lipinski definition) is 20. The molecule has 9 rings (SSSR count). The maximum Gasteiger partial charge on any atom is 0.293 e. The highest BCUT2D eigenvalue weighted by atomic mass is 79.9. The summed E-state index contributed by atoms with van der Waals surface area (Å²) >= 11 is 11.7. The van der Waals surface area contributed by atoms with E-state index in [1.54, 1.807) is 44.7 Å². The van der Waals surface area contributed by atoms with Crippen LogP contribution in [0.1, 0.15) is 64.2 Å². The number of thioether (sulfide) groups is 3. The summed E-state index contributed by atoms with van der Waals surface area (Å²) in [5.74, 6) is 0.273. The van der Waals surface area contributed by atoms with Crippen LogP contribution in [0.4, 0.5) is 33.5 Å². The Bertz CT molecular complexity index is 3730. The maximum atomic E-state index is 15.0. The van der Waals surface area contributed by atoms with Gasteiger partial charge in [0.1, 0.15) is 35.3 Å². The number of phenolic OH excluding ortho intramolecular Hbond substituents is 2. The number of aromatic nitrogens is 5. The Kier molecular flexibility index (Phi) is 24.6. The topological polar surface area (TPSA) is 300 Å². The highest BCUT2D eigenvalue weighted by molar-refractivity contribution is 9.11. The van der Waals surface area contributed by atoms with Crippen molar-refractivity contribution in [2.75, 3.05) is 26.9 Å². The standard InChI is InChI=1S/C25H24BrFN4O3S.C18H16BrFN4O4S.C12H9BrFNO3S.ClH.H3NO/c1-13-6-7-14(2)31(13)24-28-11-17(12-29-24)8-15(3)34-19-9-18(21(26)22(27)16(19)4)10-20-23(32)30(5)25(33)35-20;1-8(3-9-6-22-17(21)23-7-9)28-11-4-10(13(19)14(20)15(11)25)5-12-16(26)24(2)18(27)29-12;1-5-7(16)3-6(9(13)10(5)14)4-8-11(17)15(2)12(18)19-8;;1-2/h6-7,9-12,15H,8H2,1-5H3;4-8,25H,3H2,1-2H3,(H2,21,22,23);3-4,16H,1-2H3;1H;2H,1H2/b20-10-;12-5-;8-4-;;. The molecule has 86 heavy (non-hydrogen) atoms. The minimum Gasteiger partial charge on any atom is -0.508 e. The number of anilines is 1. The van der Waals surface area contributed by atoms with E-state index in [2.05, 4.69) is 73.6 Å². The Morgan fingerprint density at radius 2 is 0.930 bits per heavy atom. The number of rotatable bonds is 12. The summed E-state index contributed by atoms with van der Waals surface area (Å²) in [4.78, 5) is 91.2. The van der Waals surface area contributed by atoms with Gasteiger partial charge in [-0.15, -0.1) is 12.4 Å². The average Bonchev–Trinajstić information content (AvgIpc) is 1.86. The summed E-state index contributed by atoms with van der Waals surface area (Å²) in [7, 11) is 4.15. The molecule has 3 aromatic heterocycles. The van der Waals surface area contributed by atoms with Crippen molar-refractivity contribution >= 4 is 153 Å². The van der Waals surface area contributed by atoms with E-state index in [9.17, 15) is 52.2 Å². The first-order valence-electron chi connectivity index (χ1n) is 24.7. The normalized spacial score (nSPS) is 16.0. The number of aryl methyl sites for hydroxylation is 2. The first-order valence-corrected chi connectivity index (χ1v) is 29.5. The van der Waals surface area contributed by atoms with Crippen molar-refractivity contribution in [3.8, 4) is 28.9 Å². The van der Waals surface area contributed by atoms with E-state index in [0.717, 1.165) is 72.5 Å². The molecule has 31 heteroatoms. The number of likely N-dealkylation sites (N-methyl/N-ethyl adjacent to an activating group) is 3. The lowest BCUT2D eigenvalue weighted by atomic mass is 10.1. The number of nitrogens with two attached hydrogens (primary N) is 2. The molecule has 6 aromatic rings. The molecule has 3 aliphatic heterocycles. The summed E-state index contributed by atoms with van der Waals surface area (Å²) in [6.07, 6.45) is 11.0. The number of carbonyl (C=O) groups excluding carboxylic acids is 6. The SMILES string of the molecule is CC(Cc1cnc(N)nc1)Oc1cc(/C=C2\SC(=O)N(C)C2=O)c(Br)c(F)c1O.Cc1c(O)cc(/C=C2\SC(=O)N(C)C2=O)c(Br)c1F.Cc1c(OC(C)Cc2cnc(-n3c(C)ccc3C)nc2)cc(/C=C2\SC(=O)N(C)C2=O)c(Br)c1F.Cl.NO. The number of nitrogen functional groups attached to an aromatic ring is 1. The molecular weight excluding hydrogens is 1410 g/mol. The third-order valence-electron chi connectivity index (χ3n) is 12.5. The zero-order valence-corrected chi connectivity index (χ0v) is 54.8. The lowest BCUT2D eigenvalue weighted by Gasteiger charge is -2.18. The number of ether oxygens (including phenoxy) is 2. The number of carbonyl (C=O) groups is 6. The molecule has 0 aliphatic carbocycles. The van der Waals surface area contributed by atoms with E-state index in [1.165, 1.54) is 58.4 Å². The highest BCUT2D eigenvalue weighted by Gasteiger charge is 2.35. The molecule has 0 bridgehead atoms. The van der Waals surface area contributed by atoms with Gasteiger partial charge in [0.25, 0.3) is 33.4 Å². The van der Waals surface area contributed by atoms with Crippen LogP contribution in [0, 0.1) is 45.1 Å². The quantitative estimate of drug-likeness (QED) is 0.0562. The van der Waals surface area contributed by atoms with Crippen molar-refractivity contribution in [2.45, 2.75) is 66.6 Å². The molecule has 6 amide bonds. The fourth-order valence-corrected chi connectivity index (χ4v) is 11.8. The molecule has 21 nitrogen and oxygen atoms in total. The molecule has 2 unspecified atom stereocenters. The number of halogens is 7. The Hall–Kier alpha value is -6.77. The van der Waals surface area contributed by atoms with Gasteiger partial charge in [-0.3, -0.25) is 48.0 Å². The fraction of sp³-hybridized carbons (Fsp3) is 0.236. The number of aromatic hydroxyl groups is 2. The van der Waals surface area contributed by atoms with Gasteiger partial charge in [-0.25, -0.2) is 39.0 Å². The van der Waals surface area contributed by atoms with Crippen LogP contribution >= 0.6 is 95.5 Å². The zero-order chi connectivity index (χ0) is 63.0. The van der Waals surface area contributed by atoms with E-state index in [1.807, 2.05) is 37.5 Å². The van der Waals surface area contributed by atoms with E-state index in [0.29, 0.717) is 41.2 Å². The molecular formula is C55H53Br3ClF3N10O11S3. The predicted molar refractivity (Wildman–Crippen MR) is 334 cm³/mol. The lowest BCUT2D eigenvalue weighted by Crippen LogP contribution is -2.22. The van der Waals surface area contributed by atoms with Crippen molar-refractivity contribution in [3.63, 3.8) is 0 Å². The third-order valence-corrected chi connectivity index (χ3v) is 17.8. The molecule has 0 spiro atoms. The summed E-state index contributed by atoms with van der Waals surface area (Å²) in [6.45, 7) is 10.7. The van der Waals surface area contributed by atoms with Gasteiger partial charge >= 0.3 is 0 Å². The maximum absolute atomic E-state index is 15.0. The van der Waals surface area contributed by atoms with E-state index in [4.69, 9.17) is 20.4 Å². The van der Waals surface area contributed by atoms with Crippen LogP contribution in [-0.2, 0) is 27.2 Å².